The topological polar surface area (TPSA) is 276 Å². The number of fused-ring (bicyclic) bond motifs is 2. The third kappa shape index (κ3) is 17.9. The van der Waals surface area contributed by atoms with Crippen molar-refractivity contribution >= 4 is 80.7 Å². The number of carbonyl (C=O) groups is 2. The summed E-state index contributed by atoms with van der Waals surface area (Å²) in [7, 11) is 4.15. The molecular formula is C79H95BClF2N14O10+. The van der Waals surface area contributed by atoms with E-state index in [0.29, 0.717) is 66.8 Å². The number of esters is 2. The molecule has 0 saturated carbocycles. The van der Waals surface area contributed by atoms with E-state index in [0.717, 1.165) is 44.7 Å². The highest BCUT2D eigenvalue weighted by atomic mass is 35.5. The van der Waals surface area contributed by atoms with E-state index in [9.17, 15) is 28.8 Å². The summed E-state index contributed by atoms with van der Waals surface area (Å²) in [6, 6.07) is 27.3. The molecule has 0 spiro atoms. The van der Waals surface area contributed by atoms with Gasteiger partial charge in [0.05, 0.1) is 64.6 Å². The van der Waals surface area contributed by atoms with Crippen molar-refractivity contribution in [1.29, 1.82) is 0 Å². The van der Waals surface area contributed by atoms with E-state index in [1.54, 1.807) is 97.9 Å². The van der Waals surface area contributed by atoms with Gasteiger partial charge >= 0.3 is 24.6 Å². The fraction of sp³-hybridized carbons (Fsp3) is 0.392. The molecule has 1 aliphatic heterocycles. The van der Waals surface area contributed by atoms with Gasteiger partial charge in [0.25, 0.3) is 21.8 Å². The Bertz CT molecular complexity index is 5260. The highest BCUT2D eigenvalue weighted by Gasteiger charge is 2.52. The molecule has 564 valence electrons. The van der Waals surface area contributed by atoms with Crippen molar-refractivity contribution in [2.45, 2.75) is 171 Å². The average molecular weight is 1480 g/mol. The Labute approximate surface area is 626 Å². The molecule has 10 aromatic rings. The lowest BCUT2D eigenvalue weighted by Crippen LogP contribution is -2.48. The number of benzene rings is 4. The largest absolute Gasteiger partial charge is 0.495 e. The lowest BCUT2D eigenvalue weighted by Gasteiger charge is -2.32. The number of anilines is 4. The third-order valence-electron chi connectivity index (χ3n) is 19.2. The summed E-state index contributed by atoms with van der Waals surface area (Å²) in [4.78, 5) is 85.3. The second-order valence-corrected chi connectivity index (χ2v) is 30.8. The summed E-state index contributed by atoms with van der Waals surface area (Å²) in [5.41, 5.74) is 2.97. The van der Waals surface area contributed by atoms with Crippen molar-refractivity contribution in [3.63, 3.8) is 0 Å². The minimum atomic E-state index is -0.761. The second kappa shape index (κ2) is 31.7. The fourth-order valence-electron chi connectivity index (χ4n) is 12.0. The maximum Gasteiger partial charge on any atom is 0.495 e. The molecule has 7 heterocycles. The Hall–Kier alpha value is -10.2. The zero-order valence-electron chi connectivity index (χ0n) is 64.6. The van der Waals surface area contributed by atoms with Gasteiger partial charge in [0.2, 0.25) is 0 Å². The third-order valence-corrected chi connectivity index (χ3v) is 19.5. The first-order chi connectivity index (χ1) is 50.0. The number of hydrogen-bond acceptors (Lipinski definition) is 19. The van der Waals surface area contributed by atoms with E-state index >= 15 is 8.78 Å². The van der Waals surface area contributed by atoms with Gasteiger partial charge in [-0.15, -0.1) is 4.68 Å². The van der Waals surface area contributed by atoms with Crippen LogP contribution in [0.4, 0.5) is 31.8 Å². The van der Waals surface area contributed by atoms with Crippen molar-refractivity contribution in [3.05, 3.63) is 213 Å². The summed E-state index contributed by atoms with van der Waals surface area (Å²) in [6.07, 6.45) is 6.48. The molecule has 0 unspecified atom stereocenters. The van der Waals surface area contributed by atoms with Gasteiger partial charge in [-0.25, -0.2) is 23.4 Å². The van der Waals surface area contributed by atoms with Crippen LogP contribution in [0.2, 0.25) is 5.15 Å². The number of halogens is 3. The van der Waals surface area contributed by atoms with Crippen LogP contribution in [0.25, 0.3) is 44.2 Å². The number of carbonyl (C=O) groups excluding carboxylic acids is 2. The molecule has 28 heteroatoms. The van der Waals surface area contributed by atoms with Gasteiger partial charge in [0, 0.05) is 71.8 Å². The highest BCUT2D eigenvalue weighted by molar-refractivity contribution is 6.62. The van der Waals surface area contributed by atoms with Gasteiger partial charge < -0.3 is 40.0 Å². The molecule has 1 saturated heterocycles. The van der Waals surface area contributed by atoms with Crippen LogP contribution in [0.5, 0.6) is 0 Å². The summed E-state index contributed by atoms with van der Waals surface area (Å²) in [5.74, 6) is -1.23. The van der Waals surface area contributed by atoms with Crippen LogP contribution in [0.15, 0.2) is 141 Å². The molecule has 0 amide bonds. The minimum absolute atomic E-state index is 0.0579. The summed E-state index contributed by atoms with van der Waals surface area (Å²) in [5, 5.41) is 27.3. The number of aryl methyl sites for hydroxylation is 1. The van der Waals surface area contributed by atoms with E-state index in [1.807, 2.05) is 94.4 Å². The first-order valence-corrected chi connectivity index (χ1v) is 35.5. The van der Waals surface area contributed by atoms with Crippen LogP contribution in [-0.2, 0) is 84.6 Å². The van der Waals surface area contributed by atoms with Crippen molar-refractivity contribution in [2.24, 2.45) is 21.1 Å². The fourth-order valence-corrected chi connectivity index (χ4v) is 12.2. The Morgan fingerprint density at radius 1 is 0.579 bits per heavy atom. The lowest BCUT2D eigenvalue weighted by atomic mass is 9.75. The van der Waals surface area contributed by atoms with Gasteiger partial charge in [0.15, 0.2) is 7.05 Å². The van der Waals surface area contributed by atoms with Crippen LogP contribution in [-0.4, -0.2) is 87.3 Å². The Morgan fingerprint density at radius 3 is 1.45 bits per heavy atom. The molecule has 4 aromatic carbocycles. The number of rotatable bonds is 18. The summed E-state index contributed by atoms with van der Waals surface area (Å²) < 4.78 is 60.3. The summed E-state index contributed by atoms with van der Waals surface area (Å²) in [6.45, 7) is 35.9. The van der Waals surface area contributed by atoms with Crippen LogP contribution in [0.1, 0.15) is 158 Å². The van der Waals surface area contributed by atoms with E-state index < -0.39 is 58.6 Å². The number of hydrogen-bond donors (Lipinski definition) is 4. The van der Waals surface area contributed by atoms with Crippen molar-refractivity contribution in [1.82, 2.24) is 54.6 Å². The normalized spacial score (nSPS) is 13.6. The number of pyridine rings is 2. The monoisotopic (exact) mass is 1480 g/mol. The van der Waals surface area contributed by atoms with Crippen LogP contribution >= 0.6 is 11.6 Å². The van der Waals surface area contributed by atoms with Crippen LogP contribution < -0.4 is 53.6 Å². The average Bonchev–Trinajstić information content (AvgIpc) is 1.56. The molecule has 24 nitrogen and oxygen atoms in total. The molecule has 6 aromatic heterocycles. The van der Waals surface area contributed by atoms with E-state index in [1.165, 1.54) is 54.8 Å². The number of ether oxygens (including phenoxy) is 2. The van der Waals surface area contributed by atoms with E-state index in [-0.39, 0.29) is 62.8 Å². The highest BCUT2D eigenvalue weighted by Crippen LogP contribution is 2.38. The zero-order chi connectivity index (χ0) is 78.8. The molecule has 0 radical (unpaired) electrons. The molecule has 11 rings (SSSR count). The number of nitrogens with one attached hydrogen (secondary N) is 4. The lowest BCUT2D eigenvalue weighted by molar-refractivity contribution is -0.754. The standard InChI is InChI=1S/C36H40FN7O4.C27H32BFN2O5.C16H22ClN5O/c1-9-39-36(6,7)23-13-14-31(38-19-23)41-29-17-28(42-43(8)33(29)46)25-11-10-12-30(26(25)20-48-21(2)45)44-34(47)32-22(18-40-44)15-24(16-27(32)37)35(3,4)5;1-16(32)34-15-19-20(28-35-26(5,6)27(7,8)36-28)10-9-11-22(19)31-24(33)23-17(14-30-31)12-18(13-21(23)29)25(2,3)4;1-6-19-16(2,3)11-7-8-14(18-10-11)20-12-9-13(17)21(4)22(5)15(12)23/h10-19,39H,9,20H2,1-8H3,(H,38,41);9-14H,15H2,1-8H3;7-10,19H,6H2,1-5H3/p+1. The van der Waals surface area contributed by atoms with Crippen molar-refractivity contribution < 1.29 is 41.8 Å². The van der Waals surface area contributed by atoms with Crippen molar-refractivity contribution in [2.75, 3.05) is 23.7 Å². The second-order valence-electron chi connectivity index (χ2n) is 30.4. The van der Waals surface area contributed by atoms with Gasteiger partial charge in [-0.2, -0.15) is 24.7 Å². The summed E-state index contributed by atoms with van der Waals surface area (Å²) >= 11 is 6.11. The molecule has 0 aliphatic carbocycles. The van der Waals surface area contributed by atoms with Crippen LogP contribution in [0, 0.1) is 11.6 Å². The zero-order valence-corrected chi connectivity index (χ0v) is 65.4. The Morgan fingerprint density at radius 2 is 1.02 bits per heavy atom. The molecule has 1 aliphatic rings. The maximum atomic E-state index is 15.5. The molecule has 1 fully saturated rings. The molecule has 0 atom stereocenters. The maximum absolute atomic E-state index is 15.5. The Kier molecular flexibility index (Phi) is 24.0. The van der Waals surface area contributed by atoms with Gasteiger partial charge in [-0.05, 0) is 173 Å². The number of nitrogens with zero attached hydrogens (tertiary/aromatic N) is 10. The van der Waals surface area contributed by atoms with Crippen LogP contribution in [0.3, 0.4) is 0 Å². The molecular weight excluding hydrogens is 1390 g/mol. The Balaban J connectivity index is 0.000000197. The minimum Gasteiger partial charge on any atom is -0.461 e. The number of aromatic nitrogens is 10. The van der Waals surface area contributed by atoms with Gasteiger partial charge in [0.1, 0.15) is 47.9 Å². The van der Waals surface area contributed by atoms with Gasteiger partial charge in [-0.3, -0.25) is 28.8 Å². The predicted octanol–water partition coefficient (Wildman–Crippen LogP) is 11.7. The van der Waals surface area contributed by atoms with Crippen molar-refractivity contribution in [3.8, 4) is 22.6 Å². The SMILES string of the molecule is CC(=O)OCc1c(B2OC(C)(C)C(C)(C)O2)cccc1-n1ncc2cc(C(C)(C)C)cc(F)c2c1=O.CCNC(C)(C)c1ccc(Nc2cc(-c3cccc(-n4ncc5cc(C(C)(C)C)cc(F)c5c4=O)c3COC(C)=O)nn(C)c2=O)nc1.CCNC(C)(C)c1ccc(Nc2cc(Cl)[n+](C)n(C)c2=O)nc1. The van der Waals surface area contributed by atoms with E-state index in [4.69, 9.17) is 30.4 Å². The quantitative estimate of drug-likeness (QED) is 0.0353. The predicted molar refractivity (Wildman–Crippen MR) is 413 cm³/mol. The van der Waals surface area contributed by atoms with Gasteiger partial charge in [-0.1, -0.05) is 96.5 Å². The smallest absolute Gasteiger partial charge is 0.461 e. The molecule has 0 bridgehead atoms. The molecule has 4 N–H and O–H groups in total. The molecule has 107 heavy (non-hydrogen) atoms. The van der Waals surface area contributed by atoms with E-state index in [2.05, 4.69) is 81.1 Å². The first-order valence-electron chi connectivity index (χ1n) is 35.1. The first kappa shape index (κ1) is 80.9.